The van der Waals surface area contributed by atoms with Crippen LogP contribution in [0.15, 0.2) is 29.6 Å². The first kappa shape index (κ1) is 15.5. The number of aromatic nitrogens is 1. The summed E-state index contributed by atoms with van der Waals surface area (Å²) >= 11 is 1.53. The van der Waals surface area contributed by atoms with E-state index in [1.165, 1.54) is 11.3 Å². The molecular weight excluding hydrogens is 282 g/mol. The number of hydrogen-bond donors (Lipinski definition) is 1. The molecule has 1 heterocycles. The SMILES string of the molecule is CCCCN(C)C(=O)Cc1nc(-c2ccc(N)cc2)cs1. The Morgan fingerprint density at radius 3 is 2.71 bits per heavy atom. The average Bonchev–Trinajstić information content (AvgIpc) is 2.93. The van der Waals surface area contributed by atoms with E-state index in [0.29, 0.717) is 6.42 Å². The molecule has 1 amide bonds. The standard InChI is InChI=1S/C16H21N3OS/c1-3-4-9-19(2)16(20)10-15-18-14(11-21-15)12-5-7-13(17)8-6-12/h5-8,11H,3-4,9-10,17H2,1-2H3. The second-order valence-corrected chi connectivity index (χ2v) is 6.04. The molecule has 0 radical (unpaired) electrons. The predicted octanol–water partition coefficient (Wildman–Crippen LogP) is 3.19. The van der Waals surface area contributed by atoms with Crippen LogP contribution in [0, 0.1) is 0 Å². The van der Waals surface area contributed by atoms with E-state index in [4.69, 9.17) is 5.73 Å². The molecule has 0 aliphatic heterocycles. The molecule has 0 aliphatic carbocycles. The quantitative estimate of drug-likeness (QED) is 0.834. The maximum Gasteiger partial charge on any atom is 0.229 e. The van der Waals surface area contributed by atoms with Crippen molar-refractivity contribution in [1.82, 2.24) is 9.88 Å². The van der Waals surface area contributed by atoms with E-state index < -0.39 is 0 Å². The lowest BCUT2D eigenvalue weighted by atomic mass is 10.1. The van der Waals surface area contributed by atoms with Crippen molar-refractivity contribution in [3.8, 4) is 11.3 Å². The Morgan fingerprint density at radius 2 is 2.05 bits per heavy atom. The lowest BCUT2D eigenvalue weighted by Crippen LogP contribution is -2.29. The van der Waals surface area contributed by atoms with E-state index >= 15 is 0 Å². The van der Waals surface area contributed by atoms with Crippen LogP contribution in [0.4, 0.5) is 5.69 Å². The zero-order valence-corrected chi connectivity index (χ0v) is 13.3. The molecule has 2 aromatic rings. The normalized spacial score (nSPS) is 10.6. The minimum Gasteiger partial charge on any atom is -0.399 e. The minimum atomic E-state index is 0.127. The van der Waals surface area contributed by atoms with Crippen LogP contribution in [0.1, 0.15) is 24.8 Å². The Labute approximate surface area is 129 Å². The van der Waals surface area contributed by atoms with Gasteiger partial charge in [-0.05, 0) is 18.6 Å². The van der Waals surface area contributed by atoms with Gasteiger partial charge >= 0.3 is 0 Å². The largest absolute Gasteiger partial charge is 0.399 e. The van der Waals surface area contributed by atoms with Crippen molar-refractivity contribution in [2.24, 2.45) is 0 Å². The monoisotopic (exact) mass is 303 g/mol. The zero-order valence-electron chi connectivity index (χ0n) is 12.5. The number of hydrogen-bond acceptors (Lipinski definition) is 4. The van der Waals surface area contributed by atoms with Crippen LogP contribution in [0.2, 0.25) is 0 Å². The third-order valence-corrected chi connectivity index (χ3v) is 4.18. The van der Waals surface area contributed by atoms with Crippen LogP contribution in [0.5, 0.6) is 0 Å². The number of carbonyl (C=O) groups excluding carboxylic acids is 1. The van der Waals surface area contributed by atoms with Gasteiger partial charge in [0.1, 0.15) is 5.01 Å². The number of rotatable bonds is 6. The number of nitrogens with two attached hydrogens (primary N) is 1. The number of thiazole rings is 1. The van der Waals surface area contributed by atoms with E-state index in [-0.39, 0.29) is 5.91 Å². The summed E-state index contributed by atoms with van der Waals surface area (Å²) in [6.45, 7) is 2.93. The molecule has 0 bridgehead atoms. The number of likely N-dealkylation sites (N-methyl/N-ethyl adjacent to an activating group) is 1. The number of nitrogen functional groups attached to an aromatic ring is 1. The van der Waals surface area contributed by atoms with Crippen molar-refractivity contribution in [1.29, 1.82) is 0 Å². The van der Waals surface area contributed by atoms with Crippen molar-refractivity contribution in [3.63, 3.8) is 0 Å². The Balaban J connectivity index is 2.00. The fourth-order valence-electron chi connectivity index (χ4n) is 1.96. The fraction of sp³-hybridized carbons (Fsp3) is 0.375. The highest BCUT2D eigenvalue weighted by Gasteiger charge is 2.12. The Bertz CT molecular complexity index is 592. The predicted molar refractivity (Wildman–Crippen MR) is 88.2 cm³/mol. The number of amides is 1. The van der Waals surface area contributed by atoms with Gasteiger partial charge in [-0.1, -0.05) is 25.5 Å². The van der Waals surface area contributed by atoms with Gasteiger partial charge in [-0.15, -0.1) is 11.3 Å². The van der Waals surface area contributed by atoms with Gasteiger partial charge in [0.25, 0.3) is 0 Å². The first-order chi connectivity index (χ1) is 10.1. The van der Waals surface area contributed by atoms with Crippen LogP contribution in [0.25, 0.3) is 11.3 Å². The minimum absolute atomic E-state index is 0.127. The Morgan fingerprint density at radius 1 is 1.33 bits per heavy atom. The third kappa shape index (κ3) is 4.29. The number of benzene rings is 1. The van der Waals surface area contributed by atoms with Crippen LogP contribution >= 0.6 is 11.3 Å². The van der Waals surface area contributed by atoms with Gasteiger partial charge in [-0.25, -0.2) is 4.98 Å². The van der Waals surface area contributed by atoms with Gasteiger partial charge in [-0.3, -0.25) is 4.79 Å². The van der Waals surface area contributed by atoms with Crippen LogP contribution in [-0.4, -0.2) is 29.4 Å². The van der Waals surface area contributed by atoms with Gasteiger partial charge in [0, 0.05) is 30.2 Å². The summed E-state index contributed by atoms with van der Waals surface area (Å²) in [4.78, 5) is 18.4. The maximum absolute atomic E-state index is 12.1. The molecule has 4 nitrogen and oxygen atoms in total. The molecule has 0 unspecified atom stereocenters. The summed E-state index contributed by atoms with van der Waals surface area (Å²) in [5.41, 5.74) is 8.35. The van der Waals surface area contributed by atoms with Gasteiger partial charge in [0.15, 0.2) is 0 Å². The van der Waals surface area contributed by atoms with E-state index in [1.54, 1.807) is 4.90 Å². The number of nitrogens with zero attached hydrogens (tertiary/aromatic N) is 2. The van der Waals surface area contributed by atoms with E-state index in [0.717, 1.165) is 41.3 Å². The fourth-order valence-corrected chi connectivity index (χ4v) is 2.76. The van der Waals surface area contributed by atoms with Crippen molar-refractivity contribution in [2.75, 3.05) is 19.3 Å². The van der Waals surface area contributed by atoms with Crippen molar-refractivity contribution >= 4 is 22.9 Å². The highest BCUT2D eigenvalue weighted by molar-refractivity contribution is 7.10. The van der Waals surface area contributed by atoms with E-state index in [1.807, 2.05) is 36.7 Å². The second-order valence-electron chi connectivity index (χ2n) is 5.09. The highest BCUT2D eigenvalue weighted by atomic mass is 32.1. The Kier molecular flexibility index (Phi) is 5.33. The molecule has 0 aliphatic rings. The lowest BCUT2D eigenvalue weighted by molar-refractivity contribution is -0.129. The molecule has 21 heavy (non-hydrogen) atoms. The smallest absolute Gasteiger partial charge is 0.229 e. The first-order valence-corrected chi connectivity index (χ1v) is 8.02. The molecule has 0 saturated heterocycles. The van der Waals surface area contributed by atoms with Crippen LogP contribution in [0.3, 0.4) is 0 Å². The maximum atomic E-state index is 12.1. The van der Waals surface area contributed by atoms with Crippen molar-refractivity contribution in [3.05, 3.63) is 34.7 Å². The molecule has 2 N–H and O–H groups in total. The van der Waals surface area contributed by atoms with Crippen LogP contribution in [-0.2, 0) is 11.2 Å². The Hall–Kier alpha value is -1.88. The average molecular weight is 303 g/mol. The molecule has 2 rings (SSSR count). The molecule has 1 aromatic carbocycles. The summed E-state index contributed by atoms with van der Waals surface area (Å²) in [5.74, 6) is 0.127. The molecule has 1 aromatic heterocycles. The summed E-state index contributed by atoms with van der Waals surface area (Å²) in [5, 5.41) is 2.84. The number of carbonyl (C=O) groups is 1. The lowest BCUT2D eigenvalue weighted by Gasteiger charge is -2.15. The second kappa shape index (κ2) is 7.22. The zero-order chi connectivity index (χ0) is 15.2. The van der Waals surface area contributed by atoms with Crippen molar-refractivity contribution < 1.29 is 4.79 Å². The van der Waals surface area contributed by atoms with Gasteiger partial charge < -0.3 is 10.6 Å². The number of anilines is 1. The molecule has 0 atom stereocenters. The van der Waals surface area contributed by atoms with Crippen molar-refractivity contribution in [2.45, 2.75) is 26.2 Å². The summed E-state index contributed by atoms with van der Waals surface area (Å²) in [6.07, 6.45) is 2.51. The highest BCUT2D eigenvalue weighted by Crippen LogP contribution is 2.23. The molecular formula is C16H21N3OS. The van der Waals surface area contributed by atoms with Gasteiger partial charge in [0.2, 0.25) is 5.91 Å². The van der Waals surface area contributed by atoms with Gasteiger partial charge in [-0.2, -0.15) is 0 Å². The molecule has 0 spiro atoms. The first-order valence-electron chi connectivity index (χ1n) is 7.14. The molecule has 112 valence electrons. The van der Waals surface area contributed by atoms with E-state index in [2.05, 4.69) is 11.9 Å². The van der Waals surface area contributed by atoms with Gasteiger partial charge in [0.05, 0.1) is 12.1 Å². The molecule has 0 fully saturated rings. The molecule has 5 heteroatoms. The number of unbranched alkanes of at least 4 members (excludes halogenated alkanes) is 1. The third-order valence-electron chi connectivity index (χ3n) is 3.33. The van der Waals surface area contributed by atoms with E-state index in [9.17, 15) is 4.79 Å². The summed E-state index contributed by atoms with van der Waals surface area (Å²) in [7, 11) is 1.85. The van der Waals surface area contributed by atoms with Crippen LogP contribution < -0.4 is 5.73 Å². The summed E-state index contributed by atoms with van der Waals surface area (Å²) < 4.78 is 0. The topological polar surface area (TPSA) is 59.2 Å². The summed E-state index contributed by atoms with van der Waals surface area (Å²) in [6, 6.07) is 7.61. The molecule has 0 saturated carbocycles.